The number of aliphatic hydroxyl groups is 10. The number of hydrogen-bond donors (Lipinski definition) is 10. The van der Waals surface area contributed by atoms with Crippen LogP contribution in [-0.4, -0.2) is 199 Å². The van der Waals surface area contributed by atoms with Crippen LogP contribution in [0.1, 0.15) is 106 Å². The van der Waals surface area contributed by atoms with Crippen LogP contribution in [0.15, 0.2) is 23.8 Å². The molecule has 4 aliphatic heterocycles. The zero-order chi connectivity index (χ0) is 53.2. The summed E-state index contributed by atoms with van der Waals surface area (Å²) in [7, 11) is 0. The molecule has 73 heavy (non-hydrogen) atoms. The first-order chi connectivity index (χ1) is 34.4. The van der Waals surface area contributed by atoms with Gasteiger partial charge >= 0.3 is 11.9 Å². The van der Waals surface area contributed by atoms with Crippen LogP contribution in [0.5, 0.6) is 0 Å². The van der Waals surface area contributed by atoms with Gasteiger partial charge in [0.05, 0.1) is 44.2 Å². The van der Waals surface area contributed by atoms with Crippen LogP contribution in [0.4, 0.5) is 0 Å². The van der Waals surface area contributed by atoms with Crippen molar-refractivity contribution in [1.29, 1.82) is 0 Å². The largest absolute Gasteiger partial charge is 0.455 e. The quantitative estimate of drug-likeness (QED) is 0.0731. The van der Waals surface area contributed by atoms with Crippen LogP contribution in [-0.2, 0) is 52.2 Å². The maximum absolute atomic E-state index is 13.3. The molecule has 0 spiro atoms. The summed E-state index contributed by atoms with van der Waals surface area (Å²) in [4.78, 5) is 26.1. The number of allylic oxidation sites excluding steroid dienone is 1. The van der Waals surface area contributed by atoms with Gasteiger partial charge in [-0.3, -0.25) is 4.79 Å². The van der Waals surface area contributed by atoms with Gasteiger partial charge in [0.15, 0.2) is 49.1 Å². The molecule has 4 saturated heterocycles. The molecule has 0 radical (unpaired) electrons. The summed E-state index contributed by atoms with van der Waals surface area (Å²) < 4.78 is 55.1. The molecule has 8 rings (SSSR count). The van der Waals surface area contributed by atoms with Crippen LogP contribution in [0.2, 0.25) is 0 Å². The lowest BCUT2D eigenvalue weighted by Crippen LogP contribution is -2.64. The zero-order valence-electron chi connectivity index (χ0n) is 43.1. The van der Waals surface area contributed by atoms with Gasteiger partial charge in [0.2, 0.25) is 0 Å². The first-order valence-corrected chi connectivity index (χ1v) is 26.4. The molecule has 10 N–H and O–H groups in total. The first-order valence-electron chi connectivity index (χ1n) is 26.4. The summed E-state index contributed by atoms with van der Waals surface area (Å²) in [5, 5.41) is 107. The van der Waals surface area contributed by atoms with Crippen molar-refractivity contribution >= 4 is 11.9 Å². The van der Waals surface area contributed by atoms with Gasteiger partial charge in [-0.25, -0.2) is 4.79 Å². The maximum atomic E-state index is 13.3. The minimum atomic E-state index is -1.78. The van der Waals surface area contributed by atoms with Crippen molar-refractivity contribution in [2.45, 2.75) is 222 Å². The average molecular weight is 1040 g/mol. The molecule has 8 aliphatic rings. The second-order valence-corrected chi connectivity index (χ2v) is 23.1. The lowest BCUT2D eigenvalue weighted by atomic mass is 9.46. The Balaban J connectivity index is 0.989. The summed E-state index contributed by atoms with van der Waals surface area (Å²) in [6.45, 7) is 15.7. The summed E-state index contributed by atoms with van der Waals surface area (Å²) >= 11 is 0. The van der Waals surface area contributed by atoms with E-state index in [4.69, 9.17) is 42.6 Å². The van der Waals surface area contributed by atoms with Gasteiger partial charge < -0.3 is 93.7 Å². The van der Waals surface area contributed by atoms with E-state index in [2.05, 4.69) is 26.5 Å². The predicted octanol–water partition coefficient (Wildman–Crippen LogP) is 0.227. The Morgan fingerprint density at radius 2 is 1.59 bits per heavy atom. The molecule has 3 saturated carbocycles. The maximum Gasteiger partial charge on any atom is 0.335 e. The van der Waals surface area contributed by atoms with Crippen molar-refractivity contribution < 1.29 is 103 Å². The van der Waals surface area contributed by atoms with Gasteiger partial charge in [-0.1, -0.05) is 64.8 Å². The highest BCUT2D eigenvalue weighted by molar-refractivity contribution is 5.75. The molecule has 4 aliphatic carbocycles. The van der Waals surface area contributed by atoms with E-state index in [-0.39, 0.29) is 67.2 Å². The van der Waals surface area contributed by atoms with Gasteiger partial charge in [0, 0.05) is 31.1 Å². The van der Waals surface area contributed by atoms with Gasteiger partial charge in [-0.05, 0) is 80.5 Å². The minimum Gasteiger partial charge on any atom is -0.455 e. The van der Waals surface area contributed by atoms with Gasteiger partial charge in [-0.2, -0.15) is 0 Å². The molecular weight excluding hydrogens is 961 g/mol. The standard InChI is InChI=1S/C52H82O21/c1-9-23(3)37(56)46(63)69-34-21-66-49(45(44(34)68-26(6)54)72-48-43(62)40(59)38(57)25(5)67-48)71-35-17-28(55)16-27-10-11-29-30(51(27,35)8)13-14-50(7)31(29)18-32-36(50)24(4)52(64,73-32)15-12-22(2)20-65-47-42(61)41(60)39(58)33(19-53)70-47/h10,23-25,28-45,47-49,53,55-62,64H,2,9,11-21H2,1,3-8H3/t23-,24-,25-,28+,29+,30-,31-,32-,33+,34-,35+,36-,37-,38-,39+,40+,41-,42+,43+,44-,45+,47+,48-,49-,50-,51-,52+/m0/s1. The fraction of sp³-hybridized carbons (Fsp3) is 0.885. The highest BCUT2D eigenvalue weighted by Crippen LogP contribution is 2.70. The van der Waals surface area contributed by atoms with Gasteiger partial charge in [0.25, 0.3) is 0 Å². The normalized spacial score (nSPS) is 49.3. The lowest BCUT2D eigenvalue weighted by molar-refractivity contribution is -0.363. The molecule has 0 bridgehead atoms. The smallest absolute Gasteiger partial charge is 0.335 e. The number of aliphatic hydroxyl groups excluding tert-OH is 9. The van der Waals surface area contributed by atoms with E-state index in [1.54, 1.807) is 13.8 Å². The number of fused-ring (bicyclic) bond motifs is 7. The van der Waals surface area contributed by atoms with Gasteiger partial charge in [-0.15, -0.1) is 0 Å². The number of ether oxygens (including phenoxy) is 9. The Labute approximate surface area is 426 Å². The predicted molar refractivity (Wildman–Crippen MR) is 252 cm³/mol. The molecule has 21 nitrogen and oxygen atoms in total. The van der Waals surface area contributed by atoms with Crippen molar-refractivity contribution in [3.05, 3.63) is 23.8 Å². The molecular formula is C52H82O21. The molecule has 0 aromatic heterocycles. The monoisotopic (exact) mass is 1040 g/mol. The number of esters is 2. The Bertz CT molecular complexity index is 1990. The van der Waals surface area contributed by atoms with E-state index >= 15 is 0 Å². The van der Waals surface area contributed by atoms with Crippen LogP contribution in [0.3, 0.4) is 0 Å². The molecule has 27 atom stereocenters. The Kier molecular flexibility index (Phi) is 17.3. The van der Waals surface area contributed by atoms with E-state index in [1.165, 1.54) is 6.92 Å². The third kappa shape index (κ3) is 10.6. The Hall–Kier alpha value is -2.26. The second kappa shape index (κ2) is 22.2. The summed E-state index contributed by atoms with van der Waals surface area (Å²) in [5.74, 6) is -3.47. The van der Waals surface area contributed by atoms with Crippen molar-refractivity contribution in [2.24, 2.45) is 46.3 Å². The molecule has 416 valence electrons. The number of hydrogen-bond acceptors (Lipinski definition) is 21. The summed E-state index contributed by atoms with van der Waals surface area (Å²) in [6, 6.07) is 0. The topological polar surface area (TPSA) is 320 Å². The lowest BCUT2D eigenvalue weighted by Gasteiger charge is -2.60. The average Bonchev–Trinajstić information content (AvgIpc) is 3.79. The minimum absolute atomic E-state index is 0.0280. The highest BCUT2D eigenvalue weighted by atomic mass is 16.8. The van der Waals surface area contributed by atoms with Crippen molar-refractivity contribution in [3.8, 4) is 0 Å². The molecule has 0 aromatic carbocycles. The number of carbonyl (C=O) groups is 2. The fourth-order valence-electron chi connectivity index (χ4n) is 14.2. The zero-order valence-corrected chi connectivity index (χ0v) is 43.1. The molecule has 0 amide bonds. The Morgan fingerprint density at radius 3 is 2.27 bits per heavy atom. The fourth-order valence-corrected chi connectivity index (χ4v) is 14.2. The molecule has 21 heteroatoms. The van der Waals surface area contributed by atoms with Crippen LogP contribution in [0, 0.1) is 46.3 Å². The second-order valence-electron chi connectivity index (χ2n) is 23.1. The third-order valence-corrected chi connectivity index (χ3v) is 18.7. The van der Waals surface area contributed by atoms with Crippen LogP contribution >= 0.6 is 0 Å². The third-order valence-electron chi connectivity index (χ3n) is 18.7. The van der Waals surface area contributed by atoms with E-state index < -0.39 is 140 Å². The molecule has 7 fully saturated rings. The molecule has 4 heterocycles. The van der Waals surface area contributed by atoms with E-state index in [0.29, 0.717) is 31.3 Å². The highest BCUT2D eigenvalue weighted by Gasteiger charge is 2.69. The Morgan fingerprint density at radius 1 is 0.890 bits per heavy atom. The van der Waals surface area contributed by atoms with Crippen molar-refractivity contribution in [1.82, 2.24) is 0 Å². The van der Waals surface area contributed by atoms with E-state index in [0.717, 1.165) is 31.8 Å². The van der Waals surface area contributed by atoms with Crippen molar-refractivity contribution in [3.63, 3.8) is 0 Å². The van der Waals surface area contributed by atoms with E-state index in [1.807, 2.05) is 6.92 Å². The summed E-state index contributed by atoms with van der Waals surface area (Å²) in [5.41, 5.74) is 0.763. The van der Waals surface area contributed by atoms with Crippen molar-refractivity contribution in [2.75, 3.05) is 19.8 Å². The number of carbonyl (C=O) groups excluding carboxylic acids is 2. The molecule has 0 unspecified atom stereocenters. The van der Waals surface area contributed by atoms with Crippen LogP contribution in [0.25, 0.3) is 0 Å². The first kappa shape index (κ1) is 56.9. The van der Waals surface area contributed by atoms with E-state index in [9.17, 15) is 60.7 Å². The SMILES string of the molecule is C=C(CC[C@@]1(O)O[C@H]2C[C@H]3[C@@H]4CC=C5C[C@@H](O)C[C@@H](O[C@@H]6OC[C@H](OC(=O)[C@@H](O)[C@@H](C)CC)[C@H](OC(C)=O)[C@H]6O[C@@H]6O[C@@H](C)[C@H](O)[C@@H](O)[C@H]6O)[C@]5(C)[C@H]4CC[C@]3(C)[C@H]2[C@@H]1C)CO[C@@H]1O[C@H](CO)[C@@H](O)[C@H](O)[C@H]1O. The van der Waals surface area contributed by atoms with Gasteiger partial charge in [0.1, 0.15) is 42.7 Å². The van der Waals surface area contributed by atoms with Crippen LogP contribution < -0.4 is 0 Å². The summed E-state index contributed by atoms with van der Waals surface area (Å²) in [6.07, 6.45) is -16.5. The number of rotatable bonds is 16. The molecule has 0 aromatic rings.